The lowest BCUT2D eigenvalue weighted by Crippen LogP contribution is -2.35. The Labute approximate surface area is 150 Å². The summed E-state index contributed by atoms with van der Waals surface area (Å²) in [6.07, 6.45) is 4.27. The van der Waals surface area contributed by atoms with Gasteiger partial charge in [0.25, 0.3) is 5.91 Å². The van der Waals surface area contributed by atoms with Crippen molar-refractivity contribution in [3.05, 3.63) is 45.7 Å². The monoisotopic (exact) mass is 391 g/mol. The number of halogens is 1. The average Bonchev–Trinajstić information content (AvgIpc) is 2.81. The third-order valence-corrected chi connectivity index (χ3v) is 5.56. The van der Waals surface area contributed by atoms with E-state index in [1.165, 1.54) is 0 Å². The number of methoxy groups -OCH3 is 1. The molecule has 1 aliphatic rings. The molecule has 3 rings (SSSR count). The summed E-state index contributed by atoms with van der Waals surface area (Å²) >= 11 is 3.47. The number of rotatable bonds is 3. The molecule has 1 N–H and O–H groups in total. The van der Waals surface area contributed by atoms with Crippen LogP contribution in [0.2, 0.25) is 0 Å². The highest BCUT2D eigenvalue weighted by atomic mass is 79.9. The maximum absolute atomic E-state index is 13.1. The van der Waals surface area contributed by atoms with Crippen molar-refractivity contribution in [2.75, 3.05) is 13.7 Å². The molecule has 1 aliphatic heterocycles. The number of nitrogens with zero attached hydrogens (tertiary/aromatic N) is 2. The van der Waals surface area contributed by atoms with Crippen LogP contribution in [0.5, 0.6) is 5.75 Å². The Morgan fingerprint density at radius 3 is 2.67 bits per heavy atom. The van der Waals surface area contributed by atoms with Gasteiger partial charge in [-0.2, -0.15) is 5.10 Å². The fraction of sp³-hybridized carbons (Fsp3) is 0.444. The van der Waals surface area contributed by atoms with Crippen molar-refractivity contribution in [3.63, 3.8) is 0 Å². The number of carbonyl (C=O) groups is 1. The number of aromatic amines is 1. The molecule has 1 fully saturated rings. The second-order valence-electron chi connectivity index (χ2n) is 6.15. The van der Waals surface area contributed by atoms with Crippen LogP contribution < -0.4 is 4.74 Å². The third-order valence-electron chi connectivity index (χ3n) is 4.59. The molecule has 1 amide bonds. The van der Waals surface area contributed by atoms with Crippen LogP contribution >= 0.6 is 15.9 Å². The first-order valence-electron chi connectivity index (χ1n) is 8.27. The number of hydrogen-bond acceptors (Lipinski definition) is 3. The minimum absolute atomic E-state index is 0.0195. The molecule has 1 aromatic carbocycles. The van der Waals surface area contributed by atoms with Crippen molar-refractivity contribution in [3.8, 4) is 5.75 Å². The predicted octanol–water partition coefficient (Wildman–Crippen LogP) is 4.25. The highest BCUT2D eigenvalue weighted by molar-refractivity contribution is 9.10. The van der Waals surface area contributed by atoms with Gasteiger partial charge in [-0.15, -0.1) is 0 Å². The minimum Gasteiger partial charge on any atom is -0.497 e. The fourth-order valence-corrected chi connectivity index (χ4v) is 3.56. The number of amides is 1. The molecule has 0 radical (unpaired) electrons. The van der Waals surface area contributed by atoms with Crippen molar-refractivity contribution < 1.29 is 9.53 Å². The summed E-state index contributed by atoms with van der Waals surface area (Å²) < 4.78 is 6.00. The molecule has 5 nitrogen and oxygen atoms in total. The predicted molar refractivity (Wildman–Crippen MR) is 96.3 cm³/mol. The summed E-state index contributed by atoms with van der Waals surface area (Å²) in [5.74, 6) is 0.810. The number of ether oxygens (including phenoxy) is 1. The average molecular weight is 392 g/mol. The van der Waals surface area contributed by atoms with Gasteiger partial charge in [-0.25, -0.2) is 0 Å². The Morgan fingerprint density at radius 1 is 1.29 bits per heavy atom. The zero-order valence-corrected chi connectivity index (χ0v) is 15.6. The number of aryl methyl sites for hydroxylation is 1. The van der Waals surface area contributed by atoms with Crippen molar-refractivity contribution in [2.45, 2.75) is 38.6 Å². The Hall–Kier alpha value is -1.82. The Bertz CT molecular complexity index is 712. The van der Waals surface area contributed by atoms with E-state index >= 15 is 0 Å². The van der Waals surface area contributed by atoms with E-state index in [9.17, 15) is 4.79 Å². The number of H-pyrrole nitrogens is 1. The van der Waals surface area contributed by atoms with E-state index < -0.39 is 0 Å². The lowest BCUT2D eigenvalue weighted by atomic mass is 10.0. The van der Waals surface area contributed by atoms with Crippen LogP contribution in [0.3, 0.4) is 0 Å². The van der Waals surface area contributed by atoms with E-state index in [2.05, 4.69) is 38.3 Å². The van der Waals surface area contributed by atoms with E-state index in [-0.39, 0.29) is 11.9 Å². The number of hydrogen-bond donors (Lipinski definition) is 1. The molecule has 0 bridgehead atoms. The molecule has 2 heterocycles. The van der Waals surface area contributed by atoms with E-state index in [0.29, 0.717) is 5.69 Å². The lowest BCUT2D eigenvalue weighted by Gasteiger charge is -2.30. The Morgan fingerprint density at radius 2 is 2.04 bits per heavy atom. The normalized spacial score (nSPS) is 18.3. The Balaban J connectivity index is 1.92. The van der Waals surface area contributed by atoms with Crippen LogP contribution in [0.25, 0.3) is 0 Å². The summed E-state index contributed by atoms with van der Waals surface area (Å²) in [4.78, 5) is 15.0. The second-order valence-corrected chi connectivity index (χ2v) is 6.94. The largest absolute Gasteiger partial charge is 0.497 e. The van der Waals surface area contributed by atoms with Crippen molar-refractivity contribution in [1.82, 2.24) is 15.1 Å². The van der Waals surface area contributed by atoms with E-state index in [1.807, 2.05) is 24.0 Å². The van der Waals surface area contributed by atoms with E-state index in [0.717, 1.165) is 53.7 Å². The van der Waals surface area contributed by atoms with Crippen LogP contribution in [-0.4, -0.2) is 34.7 Å². The quantitative estimate of drug-likeness (QED) is 0.850. The first-order chi connectivity index (χ1) is 11.6. The van der Waals surface area contributed by atoms with Gasteiger partial charge in [0, 0.05) is 12.2 Å². The maximum atomic E-state index is 13.1. The fourth-order valence-electron chi connectivity index (χ4n) is 3.22. The maximum Gasteiger partial charge on any atom is 0.276 e. The molecular formula is C18H22BrN3O2. The van der Waals surface area contributed by atoms with Crippen LogP contribution in [0.15, 0.2) is 28.7 Å². The van der Waals surface area contributed by atoms with E-state index in [1.54, 1.807) is 7.11 Å². The molecule has 0 saturated carbocycles. The molecule has 2 aromatic rings. The van der Waals surface area contributed by atoms with Gasteiger partial charge in [-0.3, -0.25) is 9.89 Å². The summed E-state index contributed by atoms with van der Waals surface area (Å²) in [5, 5.41) is 7.07. The van der Waals surface area contributed by atoms with Crippen LogP contribution in [0.1, 0.15) is 53.5 Å². The van der Waals surface area contributed by atoms with Crippen molar-refractivity contribution >= 4 is 21.8 Å². The molecule has 1 atom stereocenters. The zero-order valence-electron chi connectivity index (χ0n) is 14.0. The first-order valence-corrected chi connectivity index (χ1v) is 9.06. The van der Waals surface area contributed by atoms with Crippen LogP contribution in [0.4, 0.5) is 0 Å². The van der Waals surface area contributed by atoms with Gasteiger partial charge < -0.3 is 9.64 Å². The third kappa shape index (κ3) is 3.34. The van der Waals surface area contributed by atoms with Crippen LogP contribution in [0, 0.1) is 6.92 Å². The van der Waals surface area contributed by atoms with Gasteiger partial charge in [-0.05, 0) is 53.4 Å². The van der Waals surface area contributed by atoms with Gasteiger partial charge in [0.2, 0.25) is 0 Å². The number of carbonyl (C=O) groups excluding carboxylic acids is 1. The van der Waals surface area contributed by atoms with Gasteiger partial charge in [0.1, 0.15) is 5.75 Å². The minimum atomic E-state index is -0.0195. The summed E-state index contributed by atoms with van der Waals surface area (Å²) in [5.41, 5.74) is 2.48. The van der Waals surface area contributed by atoms with Gasteiger partial charge >= 0.3 is 0 Å². The second kappa shape index (κ2) is 7.38. The highest BCUT2D eigenvalue weighted by Gasteiger charge is 2.30. The van der Waals surface area contributed by atoms with Crippen molar-refractivity contribution in [1.29, 1.82) is 0 Å². The van der Waals surface area contributed by atoms with Crippen LogP contribution in [-0.2, 0) is 0 Å². The molecule has 1 aromatic heterocycles. The molecule has 1 saturated heterocycles. The van der Waals surface area contributed by atoms with Gasteiger partial charge in [-0.1, -0.05) is 25.0 Å². The van der Waals surface area contributed by atoms with E-state index in [4.69, 9.17) is 4.74 Å². The molecular weight excluding hydrogens is 370 g/mol. The summed E-state index contributed by atoms with van der Waals surface area (Å²) in [6.45, 7) is 2.66. The molecule has 0 aliphatic carbocycles. The molecule has 6 heteroatoms. The number of likely N-dealkylation sites (tertiary alicyclic amines) is 1. The highest BCUT2D eigenvalue weighted by Crippen LogP contribution is 2.33. The zero-order chi connectivity index (χ0) is 17.1. The summed E-state index contributed by atoms with van der Waals surface area (Å²) in [6, 6.07) is 8.10. The first kappa shape index (κ1) is 17.0. The number of aromatic nitrogens is 2. The standard InChI is InChI=1S/C18H22BrN3O2/c1-12-16(19)17(21-20-12)18(23)22-11-5-3-4-6-15(22)13-7-9-14(24-2)10-8-13/h7-10,15H,3-6,11H2,1-2H3,(H,20,21). The SMILES string of the molecule is COc1ccc(C2CCCCCN2C(=O)c2n[nH]c(C)c2Br)cc1. The van der Waals surface area contributed by atoms with Crippen molar-refractivity contribution in [2.24, 2.45) is 0 Å². The Kier molecular flexibility index (Phi) is 5.23. The molecule has 0 spiro atoms. The molecule has 1 unspecified atom stereocenters. The topological polar surface area (TPSA) is 58.2 Å². The van der Waals surface area contributed by atoms with Gasteiger partial charge in [0.05, 0.1) is 17.6 Å². The molecule has 128 valence electrons. The number of nitrogens with one attached hydrogen (secondary N) is 1. The van der Waals surface area contributed by atoms with Gasteiger partial charge in [0.15, 0.2) is 5.69 Å². The molecule has 24 heavy (non-hydrogen) atoms. The number of benzene rings is 1. The lowest BCUT2D eigenvalue weighted by molar-refractivity contribution is 0.0674. The smallest absolute Gasteiger partial charge is 0.276 e. The summed E-state index contributed by atoms with van der Waals surface area (Å²) in [7, 11) is 1.66.